The number of carbonyl (C=O) groups excluding carboxylic acids is 1. The van der Waals surface area contributed by atoms with Crippen molar-refractivity contribution in [3.05, 3.63) is 42.1 Å². The molecule has 0 radical (unpaired) electrons. The maximum Gasteiger partial charge on any atom is 0.394 e. The molecule has 7 nitrogen and oxygen atoms in total. The summed E-state index contributed by atoms with van der Waals surface area (Å²) < 4.78 is 51.9. The Morgan fingerprint density at radius 3 is 2.74 bits per heavy atom. The predicted molar refractivity (Wildman–Crippen MR) is 126 cm³/mol. The van der Waals surface area contributed by atoms with E-state index in [-0.39, 0.29) is 25.3 Å². The number of fused-ring (bicyclic) bond motifs is 2. The van der Waals surface area contributed by atoms with Crippen LogP contribution in [0.25, 0.3) is 0 Å². The number of halogens is 3. The molecule has 2 aromatic rings. The van der Waals surface area contributed by atoms with E-state index in [0.29, 0.717) is 36.8 Å². The molecule has 0 bridgehead atoms. The zero-order valence-corrected chi connectivity index (χ0v) is 19.6. The molecule has 1 aromatic heterocycles. The van der Waals surface area contributed by atoms with Gasteiger partial charge in [0, 0.05) is 43.6 Å². The van der Waals surface area contributed by atoms with Crippen LogP contribution in [-0.4, -0.2) is 56.6 Å². The van der Waals surface area contributed by atoms with Gasteiger partial charge in [-0.3, -0.25) is 4.79 Å². The molecule has 3 heterocycles. The van der Waals surface area contributed by atoms with Gasteiger partial charge in [0.2, 0.25) is 5.91 Å². The summed E-state index contributed by atoms with van der Waals surface area (Å²) in [5.74, 6) is -2.06. The Bertz CT molecular complexity index is 1070. The van der Waals surface area contributed by atoms with Gasteiger partial charge in [-0.05, 0) is 43.5 Å². The van der Waals surface area contributed by atoms with Crippen LogP contribution in [0.1, 0.15) is 24.8 Å². The molecular formula is C25H29F3N4O3. The molecule has 0 spiro atoms. The lowest BCUT2D eigenvalue weighted by Crippen LogP contribution is -2.45. The topological polar surface area (TPSA) is 66.9 Å². The summed E-state index contributed by atoms with van der Waals surface area (Å²) in [6.07, 6.45) is -3.39. The van der Waals surface area contributed by atoms with Crippen molar-refractivity contribution < 1.29 is 27.4 Å². The Balaban J connectivity index is 1.50. The van der Waals surface area contributed by atoms with Gasteiger partial charge in [0.1, 0.15) is 5.82 Å². The number of hydrogen-bond donors (Lipinski definition) is 1. The average molecular weight is 491 g/mol. The van der Waals surface area contributed by atoms with Crippen molar-refractivity contribution in [2.45, 2.75) is 38.1 Å². The number of carbonyl (C=O) groups is 1. The second kappa shape index (κ2) is 9.66. The molecule has 5 rings (SSSR count). The van der Waals surface area contributed by atoms with Crippen LogP contribution in [0.15, 0.2) is 36.5 Å². The van der Waals surface area contributed by atoms with Gasteiger partial charge in [0.15, 0.2) is 0 Å². The molecule has 2 fully saturated rings. The summed E-state index contributed by atoms with van der Waals surface area (Å²) in [4.78, 5) is 22.1. The number of nitrogens with zero attached hydrogens (tertiary/aromatic N) is 3. The molecule has 10 heteroatoms. The Hall–Kier alpha value is -2.85. The molecule has 35 heavy (non-hydrogen) atoms. The molecule has 1 aromatic carbocycles. The van der Waals surface area contributed by atoms with Crippen LogP contribution < -0.4 is 15.1 Å². The minimum absolute atomic E-state index is 0.196. The average Bonchev–Trinajstić information content (AvgIpc) is 3.04. The highest BCUT2D eigenvalue weighted by molar-refractivity contribution is 6.00. The van der Waals surface area contributed by atoms with Gasteiger partial charge in [-0.1, -0.05) is 6.07 Å². The number of benzene rings is 1. The second-order valence-electron chi connectivity index (χ2n) is 9.29. The van der Waals surface area contributed by atoms with Gasteiger partial charge in [-0.25, -0.2) is 4.98 Å². The van der Waals surface area contributed by atoms with Crippen LogP contribution >= 0.6 is 0 Å². The largest absolute Gasteiger partial charge is 0.394 e. The van der Waals surface area contributed by atoms with E-state index in [9.17, 15) is 18.0 Å². The highest BCUT2D eigenvalue weighted by Gasteiger charge is 2.50. The maximum absolute atomic E-state index is 13.9. The summed E-state index contributed by atoms with van der Waals surface area (Å²) >= 11 is 0. The van der Waals surface area contributed by atoms with E-state index in [1.807, 2.05) is 24.3 Å². The number of hydrogen-bond acceptors (Lipinski definition) is 6. The first-order chi connectivity index (χ1) is 16.8. The van der Waals surface area contributed by atoms with Crippen molar-refractivity contribution in [3.8, 4) is 0 Å². The SMILES string of the molecule is CO[C@H]1CC[C@@H](C(=O)N2Cc3cccnc3Nc3ccc(N4CCOCC4)cc32)C[C@H]1C(F)(F)F. The third-order valence-corrected chi connectivity index (χ3v) is 7.25. The number of pyridine rings is 1. The molecule has 3 aliphatic rings. The fourth-order valence-corrected chi connectivity index (χ4v) is 5.34. The van der Waals surface area contributed by atoms with E-state index in [2.05, 4.69) is 15.2 Å². The van der Waals surface area contributed by atoms with Crippen molar-refractivity contribution in [2.24, 2.45) is 11.8 Å². The summed E-state index contributed by atoms with van der Waals surface area (Å²) in [7, 11) is 1.30. The molecule has 3 atom stereocenters. The molecule has 188 valence electrons. The lowest BCUT2D eigenvalue weighted by atomic mass is 9.78. The monoisotopic (exact) mass is 490 g/mol. The van der Waals surface area contributed by atoms with Gasteiger partial charge in [0.25, 0.3) is 0 Å². The summed E-state index contributed by atoms with van der Waals surface area (Å²) in [5.41, 5.74) is 3.10. The van der Waals surface area contributed by atoms with Gasteiger partial charge in [-0.2, -0.15) is 13.2 Å². The van der Waals surface area contributed by atoms with E-state index in [4.69, 9.17) is 9.47 Å². The second-order valence-corrected chi connectivity index (χ2v) is 9.29. The number of anilines is 4. The summed E-state index contributed by atoms with van der Waals surface area (Å²) in [6, 6.07) is 9.51. The molecular weight excluding hydrogens is 461 g/mol. The fourth-order valence-electron chi connectivity index (χ4n) is 5.34. The van der Waals surface area contributed by atoms with Gasteiger partial charge in [0.05, 0.1) is 43.2 Å². The van der Waals surface area contributed by atoms with E-state index in [0.717, 1.165) is 24.3 Å². The van der Waals surface area contributed by atoms with Crippen molar-refractivity contribution in [1.82, 2.24) is 4.98 Å². The lowest BCUT2D eigenvalue weighted by Gasteiger charge is -2.38. The summed E-state index contributed by atoms with van der Waals surface area (Å²) in [6.45, 7) is 2.94. The van der Waals surface area contributed by atoms with E-state index >= 15 is 0 Å². The Morgan fingerprint density at radius 1 is 1.20 bits per heavy atom. The van der Waals surface area contributed by atoms with E-state index in [1.54, 1.807) is 17.2 Å². The highest BCUT2D eigenvalue weighted by Crippen LogP contribution is 2.44. The van der Waals surface area contributed by atoms with Crippen LogP contribution in [0.5, 0.6) is 0 Å². The molecule has 1 aliphatic carbocycles. The number of methoxy groups -OCH3 is 1. The minimum atomic E-state index is -4.42. The maximum atomic E-state index is 13.9. The quantitative estimate of drug-likeness (QED) is 0.684. The number of aromatic nitrogens is 1. The first-order valence-electron chi connectivity index (χ1n) is 11.9. The Kier molecular flexibility index (Phi) is 6.59. The highest BCUT2D eigenvalue weighted by atomic mass is 19.4. The number of amides is 1. The van der Waals surface area contributed by atoms with E-state index < -0.39 is 24.1 Å². The third kappa shape index (κ3) is 4.81. The first-order valence-corrected chi connectivity index (χ1v) is 11.9. The lowest BCUT2D eigenvalue weighted by molar-refractivity contribution is -0.216. The molecule has 1 amide bonds. The van der Waals surface area contributed by atoms with Crippen LogP contribution in [0.2, 0.25) is 0 Å². The van der Waals surface area contributed by atoms with Gasteiger partial charge >= 0.3 is 6.18 Å². The smallest absolute Gasteiger partial charge is 0.381 e. The Labute approximate surface area is 202 Å². The van der Waals surface area contributed by atoms with Crippen LogP contribution in [0.3, 0.4) is 0 Å². The number of rotatable bonds is 3. The zero-order chi connectivity index (χ0) is 24.6. The number of nitrogens with one attached hydrogen (secondary N) is 1. The fraction of sp³-hybridized carbons (Fsp3) is 0.520. The normalized spacial score (nSPS) is 24.7. The van der Waals surface area contributed by atoms with Crippen LogP contribution in [0.4, 0.5) is 36.1 Å². The van der Waals surface area contributed by atoms with Gasteiger partial charge < -0.3 is 24.6 Å². The van der Waals surface area contributed by atoms with Crippen molar-refractivity contribution in [3.63, 3.8) is 0 Å². The Morgan fingerprint density at radius 2 is 2.00 bits per heavy atom. The molecule has 2 aliphatic heterocycles. The van der Waals surface area contributed by atoms with Crippen LogP contribution in [0, 0.1) is 11.8 Å². The van der Waals surface area contributed by atoms with Crippen molar-refractivity contribution >= 4 is 28.8 Å². The summed E-state index contributed by atoms with van der Waals surface area (Å²) in [5, 5.41) is 3.32. The number of morpholine rings is 1. The number of ether oxygens (including phenoxy) is 2. The minimum Gasteiger partial charge on any atom is -0.381 e. The zero-order valence-electron chi connectivity index (χ0n) is 19.6. The van der Waals surface area contributed by atoms with Gasteiger partial charge in [-0.15, -0.1) is 0 Å². The molecule has 1 saturated carbocycles. The van der Waals surface area contributed by atoms with Crippen LogP contribution in [-0.2, 0) is 20.8 Å². The third-order valence-electron chi connectivity index (χ3n) is 7.25. The first kappa shape index (κ1) is 23.9. The standard InChI is InChI=1S/C25H29F3N4O3/c1-34-22-7-4-16(13-19(22)25(26,27)28)24(33)32-15-17-3-2-8-29-23(17)30-20-6-5-18(14-21(20)32)31-9-11-35-12-10-31/h2-3,5-6,8,14,16,19,22H,4,7,9-13,15H2,1H3,(H,29,30)/t16-,19-,22+/m1/s1. The predicted octanol–water partition coefficient (Wildman–Crippen LogP) is 4.50. The van der Waals surface area contributed by atoms with E-state index in [1.165, 1.54) is 7.11 Å². The molecule has 0 unspecified atom stereocenters. The number of alkyl halides is 3. The van der Waals surface area contributed by atoms with Crippen molar-refractivity contribution in [1.29, 1.82) is 0 Å². The molecule has 1 N–H and O–H groups in total. The van der Waals surface area contributed by atoms with Crippen molar-refractivity contribution in [2.75, 3.05) is 48.5 Å². The molecule has 1 saturated heterocycles.